The van der Waals surface area contributed by atoms with Crippen molar-refractivity contribution < 1.29 is 61.5 Å². The van der Waals surface area contributed by atoms with Crippen LogP contribution in [0.25, 0.3) is 11.6 Å². The van der Waals surface area contributed by atoms with Crippen LogP contribution in [0.2, 0.25) is 0 Å². The highest BCUT2D eigenvalue weighted by atomic mass is 19.2. The van der Waals surface area contributed by atoms with Crippen LogP contribution in [0.5, 0.6) is 0 Å². The first-order valence-electron chi connectivity index (χ1n) is 8.30. The molecule has 0 nitrogen and oxygen atoms in total. The molecule has 180 valence electrons. The zero-order chi connectivity index (χ0) is 25.8. The van der Waals surface area contributed by atoms with Crippen molar-refractivity contribution in [2.45, 2.75) is 0 Å². The first-order valence-corrected chi connectivity index (χ1v) is 8.30. The van der Waals surface area contributed by atoms with E-state index >= 15 is 0 Å². The standard InChI is InChI=1S/C20H2F14/c21-6-2-4(8(22)14(28)11(6)25)3(7-12(26)17(31)20(34)18(32)13(7)27)1-5-9(23)15(29)19(33)16(30)10(5)24/h1-2H. The van der Waals surface area contributed by atoms with Gasteiger partial charge in [0, 0.05) is 5.56 Å². The highest BCUT2D eigenvalue weighted by Gasteiger charge is 2.33. The van der Waals surface area contributed by atoms with Crippen LogP contribution in [-0.2, 0) is 0 Å². The second kappa shape index (κ2) is 8.65. The van der Waals surface area contributed by atoms with Gasteiger partial charge in [0.15, 0.2) is 69.8 Å². The Kier molecular flexibility index (Phi) is 6.37. The molecule has 0 heterocycles. The van der Waals surface area contributed by atoms with E-state index in [1.807, 2.05) is 0 Å². The van der Waals surface area contributed by atoms with Crippen LogP contribution in [-0.4, -0.2) is 0 Å². The van der Waals surface area contributed by atoms with Crippen LogP contribution in [0.15, 0.2) is 6.07 Å². The quantitative estimate of drug-likeness (QED) is 0.152. The van der Waals surface area contributed by atoms with Crippen LogP contribution in [0.3, 0.4) is 0 Å². The average molecular weight is 508 g/mol. The predicted octanol–water partition coefficient (Wildman–Crippen LogP) is 7.22. The van der Waals surface area contributed by atoms with Gasteiger partial charge in [-0.3, -0.25) is 0 Å². The molecule has 34 heavy (non-hydrogen) atoms. The molecule has 0 saturated heterocycles. The van der Waals surface area contributed by atoms with Gasteiger partial charge in [-0.2, -0.15) is 0 Å². The molecule has 0 fully saturated rings. The topological polar surface area (TPSA) is 0 Å². The Morgan fingerprint density at radius 2 is 0.765 bits per heavy atom. The Bertz CT molecular complexity index is 1330. The lowest BCUT2D eigenvalue weighted by Crippen LogP contribution is -2.11. The van der Waals surface area contributed by atoms with Crippen LogP contribution >= 0.6 is 0 Å². The molecule has 0 atom stereocenters. The maximum absolute atomic E-state index is 14.3. The first-order chi connectivity index (χ1) is 15.7. The van der Waals surface area contributed by atoms with Crippen molar-refractivity contribution >= 4 is 11.6 Å². The second-order valence-corrected chi connectivity index (χ2v) is 6.33. The van der Waals surface area contributed by atoms with Crippen LogP contribution in [0.4, 0.5) is 61.5 Å². The molecule has 0 aliphatic rings. The van der Waals surface area contributed by atoms with Crippen LogP contribution < -0.4 is 0 Å². The minimum absolute atomic E-state index is 0.413. The predicted molar refractivity (Wildman–Crippen MR) is 85.7 cm³/mol. The van der Waals surface area contributed by atoms with E-state index in [0.717, 1.165) is 0 Å². The maximum Gasteiger partial charge on any atom is 0.200 e. The third kappa shape index (κ3) is 3.66. The molecule has 3 rings (SSSR count). The minimum Gasteiger partial charge on any atom is -0.204 e. The van der Waals surface area contributed by atoms with E-state index in [9.17, 15) is 61.5 Å². The van der Waals surface area contributed by atoms with Crippen LogP contribution in [0, 0.1) is 81.4 Å². The zero-order valence-corrected chi connectivity index (χ0v) is 15.4. The summed E-state index contributed by atoms with van der Waals surface area (Å²) in [6, 6.07) is -0.413. The molecule has 0 N–H and O–H groups in total. The van der Waals surface area contributed by atoms with Gasteiger partial charge in [-0.05, 0) is 17.7 Å². The van der Waals surface area contributed by atoms with E-state index in [1.165, 1.54) is 0 Å². The second-order valence-electron chi connectivity index (χ2n) is 6.33. The highest BCUT2D eigenvalue weighted by Crippen LogP contribution is 2.37. The largest absolute Gasteiger partial charge is 0.204 e. The van der Waals surface area contributed by atoms with Gasteiger partial charge in [0.25, 0.3) is 0 Å². The Labute approximate surface area is 178 Å². The summed E-state index contributed by atoms with van der Waals surface area (Å²) in [7, 11) is 0. The monoisotopic (exact) mass is 508 g/mol. The normalized spacial score (nSPS) is 12.0. The van der Waals surface area contributed by atoms with Crippen molar-refractivity contribution in [1.29, 1.82) is 0 Å². The van der Waals surface area contributed by atoms with E-state index in [2.05, 4.69) is 0 Å². The van der Waals surface area contributed by atoms with Gasteiger partial charge in [0.05, 0.1) is 11.1 Å². The minimum atomic E-state index is -2.82. The summed E-state index contributed by atoms with van der Waals surface area (Å²) in [5, 5.41) is 0. The number of hydrogen-bond acceptors (Lipinski definition) is 0. The lowest BCUT2D eigenvalue weighted by atomic mass is 9.93. The molecule has 0 bridgehead atoms. The molecule has 0 aliphatic heterocycles. The SMILES string of the molecule is Fc1cc(C(=Cc2c(F)c(F)c(F)c(F)c2F)c2c(F)c(F)c(F)c(F)c2F)c(F)c(F)c1F. The molecule has 0 aliphatic carbocycles. The maximum atomic E-state index is 14.3. The molecule has 0 radical (unpaired) electrons. The summed E-state index contributed by atoms with van der Waals surface area (Å²) in [4.78, 5) is 0. The van der Waals surface area contributed by atoms with E-state index < -0.39 is 116 Å². The lowest BCUT2D eigenvalue weighted by Gasteiger charge is -2.15. The summed E-state index contributed by atoms with van der Waals surface area (Å²) in [6.45, 7) is 0. The Hall–Kier alpha value is -3.58. The molecular weight excluding hydrogens is 506 g/mol. The summed E-state index contributed by atoms with van der Waals surface area (Å²) in [5.74, 6) is -37.6. The van der Waals surface area contributed by atoms with Gasteiger partial charge in [0.2, 0.25) is 11.6 Å². The molecule has 0 saturated carbocycles. The fourth-order valence-corrected chi connectivity index (χ4v) is 2.79. The molecule has 14 heteroatoms. The molecule has 0 unspecified atom stereocenters. The first kappa shape index (κ1) is 25.1. The third-order valence-electron chi connectivity index (χ3n) is 4.40. The fourth-order valence-electron chi connectivity index (χ4n) is 2.79. The Morgan fingerprint density at radius 1 is 0.412 bits per heavy atom. The molecule has 0 aromatic heterocycles. The van der Waals surface area contributed by atoms with Crippen molar-refractivity contribution in [2.24, 2.45) is 0 Å². The Balaban J connectivity index is 2.59. The van der Waals surface area contributed by atoms with Crippen molar-refractivity contribution in [3.63, 3.8) is 0 Å². The molecule has 0 spiro atoms. The molecule has 0 amide bonds. The summed E-state index contributed by atoms with van der Waals surface area (Å²) < 4.78 is 193. The zero-order valence-electron chi connectivity index (χ0n) is 15.4. The van der Waals surface area contributed by atoms with Gasteiger partial charge in [0.1, 0.15) is 0 Å². The van der Waals surface area contributed by atoms with Crippen molar-refractivity contribution in [3.8, 4) is 0 Å². The fraction of sp³-hybridized carbons (Fsp3) is 0. The number of rotatable bonds is 3. The Morgan fingerprint density at radius 3 is 1.21 bits per heavy atom. The number of halogens is 14. The molecule has 3 aromatic carbocycles. The smallest absolute Gasteiger partial charge is 0.200 e. The highest BCUT2D eigenvalue weighted by molar-refractivity contribution is 5.92. The van der Waals surface area contributed by atoms with Gasteiger partial charge in [-0.1, -0.05) is 0 Å². The number of benzene rings is 3. The van der Waals surface area contributed by atoms with Crippen molar-refractivity contribution in [1.82, 2.24) is 0 Å². The summed E-state index contributed by atoms with van der Waals surface area (Å²) in [6.07, 6.45) is -0.524. The van der Waals surface area contributed by atoms with E-state index in [4.69, 9.17) is 0 Å². The van der Waals surface area contributed by atoms with Crippen LogP contribution in [0.1, 0.15) is 16.7 Å². The van der Waals surface area contributed by atoms with E-state index in [0.29, 0.717) is 0 Å². The number of hydrogen-bond donors (Lipinski definition) is 0. The summed E-state index contributed by atoms with van der Waals surface area (Å²) in [5.41, 5.74) is -8.31. The lowest BCUT2D eigenvalue weighted by molar-refractivity contribution is 0.375. The van der Waals surface area contributed by atoms with E-state index in [1.54, 1.807) is 0 Å². The van der Waals surface area contributed by atoms with Gasteiger partial charge in [-0.25, -0.2) is 61.5 Å². The van der Waals surface area contributed by atoms with Gasteiger partial charge >= 0.3 is 0 Å². The molecule has 3 aromatic rings. The van der Waals surface area contributed by atoms with Gasteiger partial charge < -0.3 is 0 Å². The van der Waals surface area contributed by atoms with Gasteiger partial charge in [-0.15, -0.1) is 0 Å². The van der Waals surface area contributed by atoms with Crippen molar-refractivity contribution in [2.75, 3.05) is 0 Å². The average Bonchev–Trinajstić information content (AvgIpc) is 2.81. The van der Waals surface area contributed by atoms with E-state index in [-0.39, 0.29) is 0 Å². The van der Waals surface area contributed by atoms with Crippen molar-refractivity contribution in [3.05, 3.63) is 104 Å². The third-order valence-corrected chi connectivity index (χ3v) is 4.40. The summed E-state index contributed by atoms with van der Waals surface area (Å²) >= 11 is 0. The molecular formula is C20H2F14.